The molecule has 0 aliphatic rings. The molecule has 0 fully saturated rings. The van der Waals surface area contributed by atoms with Gasteiger partial charge >= 0.3 is 0 Å². The first-order valence-corrected chi connectivity index (χ1v) is 6.11. The first-order chi connectivity index (χ1) is 9.02. The van der Waals surface area contributed by atoms with E-state index >= 15 is 0 Å². The lowest BCUT2D eigenvalue weighted by Crippen LogP contribution is -2.03. The summed E-state index contributed by atoms with van der Waals surface area (Å²) in [5, 5.41) is 10.4. The van der Waals surface area contributed by atoms with E-state index in [4.69, 9.17) is 4.74 Å². The summed E-state index contributed by atoms with van der Waals surface area (Å²) in [7, 11) is 1.50. The van der Waals surface area contributed by atoms with Gasteiger partial charge in [-0.15, -0.1) is 0 Å². The van der Waals surface area contributed by atoms with Crippen molar-refractivity contribution in [2.45, 2.75) is 20.0 Å². The van der Waals surface area contributed by atoms with Crippen molar-refractivity contribution in [1.82, 2.24) is 0 Å². The molecule has 0 bridgehead atoms. The quantitative estimate of drug-likeness (QED) is 0.914. The van der Waals surface area contributed by atoms with Gasteiger partial charge < -0.3 is 9.84 Å². The number of methoxy groups -OCH3 is 1. The number of halogens is 1. The molecule has 100 valence electrons. The molecule has 0 heterocycles. The third-order valence-electron chi connectivity index (χ3n) is 3.33. The topological polar surface area (TPSA) is 29.5 Å². The second-order valence-electron chi connectivity index (χ2n) is 4.63. The van der Waals surface area contributed by atoms with Crippen LogP contribution in [0, 0.1) is 19.7 Å². The molecule has 2 rings (SSSR count). The van der Waals surface area contributed by atoms with Crippen molar-refractivity contribution in [3.05, 3.63) is 64.5 Å². The number of hydrogen-bond acceptors (Lipinski definition) is 2. The second kappa shape index (κ2) is 5.41. The predicted octanol–water partition coefficient (Wildman–Crippen LogP) is 3.53. The minimum Gasteiger partial charge on any atom is -0.496 e. The highest BCUT2D eigenvalue weighted by Gasteiger charge is 2.16. The molecule has 0 aliphatic heterocycles. The molecule has 1 atom stereocenters. The fourth-order valence-corrected chi connectivity index (χ4v) is 2.03. The van der Waals surface area contributed by atoms with Crippen LogP contribution in [0.1, 0.15) is 28.4 Å². The smallest absolute Gasteiger partial charge is 0.125 e. The number of aliphatic hydroxyl groups is 1. The van der Waals surface area contributed by atoms with Gasteiger partial charge in [-0.1, -0.05) is 18.2 Å². The van der Waals surface area contributed by atoms with Crippen LogP contribution >= 0.6 is 0 Å². The van der Waals surface area contributed by atoms with E-state index in [1.54, 1.807) is 0 Å². The van der Waals surface area contributed by atoms with Crippen LogP contribution in [0.5, 0.6) is 5.75 Å². The molecule has 0 saturated carbocycles. The largest absolute Gasteiger partial charge is 0.496 e. The molecular weight excluding hydrogens is 243 g/mol. The van der Waals surface area contributed by atoms with Crippen LogP contribution < -0.4 is 4.74 Å². The zero-order valence-electron chi connectivity index (χ0n) is 11.3. The van der Waals surface area contributed by atoms with Gasteiger partial charge in [0.15, 0.2) is 0 Å². The Bertz CT molecular complexity index is 593. The highest BCUT2D eigenvalue weighted by atomic mass is 19.1. The van der Waals surface area contributed by atoms with Gasteiger partial charge in [0, 0.05) is 5.56 Å². The molecule has 0 aliphatic carbocycles. The van der Waals surface area contributed by atoms with Crippen LogP contribution in [-0.4, -0.2) is 12.2 Å². The van der Waals surface area contributed by atoms with E-state index < -0.39 is 11.9 Å². The summed E-state index contributed by atoms with van der Waals surface area (Å²) in [6.45, 7) is 3.99. The lowest BCUT2D eigenvalue weighted by atomic mass is 9.97. The van der Waals surface area contributed by atoms with Crippen molar-refractivity contribution < 1.29 is 14.2 Å². The van der Waals surface area contributed by atoms with Crippen molar-refractivity contribution in [2.24, 2.45) is 0 Å². The summed E-state index contributed by atoms with van der Waals surface area (Å²) in [5.41, 5.74) is 3.41. The Balaban J connectivity index is 2.45. The average molecular weight is 260 g/mol. The van der Waals surface area contributed by atoms with Gasteiger partial charge in [0.25, 0.3) is 0 Å². The highest BCUT2D eigenvalue weighted by molar-refractivity contribution is 5.42. The summed E-state index contributed by atoms with van der Waals surface area (Å²) >= 11 is 0. The van der Waals surface area contributed by atoms with Crippen LogP contribution in [0.25, 0.3) is 0 Å². The molecule has 2 aromatic carbocycles. The Morgan fingerprint density at radius 2 is 1.79 bits per heavy atom. The fraction of sp³-hybridized carbons (Fsp3) is 0.250. The van der Waals surface area contributed by atoms with Gasteiger partial charge in [0.2, 0.25) is 0 Å². The van der Waals surface area contributed by atoms with E-state index in [1.165, 1.54) is 25.3 Å². The van der Waals surface area contributed by atoms with Crippen LogP contribution in [0.3, 0.4) is 0 Å². The molecule has 0 radical (unpaired) electrons. The molecule has 0 saturated heterocycles. The fourth-order valence-electron chi connectivity index (χ4n) is 2.03. The monoisotopic (exact) mass is 260 g/mol. The zero-order chi connectivity index (χ0) is 14.0. The maximum atomic E-state index is 13.3. The maximum Gasteiger partial charge on any atom is 0.125 e. The molecule has 2 nitrogen and oxygen atoms in total. The Hall–Kier alpha value is -1.87. The number of hydrogen-bond donors (Lipinski definition) is 1. The zero-order valence-corrected chi connectivity index (χ0v) is 11.3. The summed E-state index contributed by atoms with van der Waals surface area (Å²) in [6, 6.07) is 9.84. The number of benzene rings is 2. The lowest BCUT2D eigenvalue weighted by molar-refractivity contribution is 0.214. The van der Waals surface area contributed by atoms with Crippen LogP contribution in [0.2, 0.25) is 0 Å². The number of aryl methyl sites for hydroxylation is 2. The number of ether oxygens (including phenoxy) is 1. The third-order valence-corrected chi connectivity index (χ3v) is 3.33. The van der Waals surface area contributed by atoms with Crippen molar-refractivity contribution in [2.75, 3.05) is 7.11 Å². The molecule has 0 amide bonds. The van der Waals surface area contributed by atoms with Gasteiger partial charge in [0.1, 0.15) is 17.7 Å². The summed E-state index contributed by atoms with van der Waals surface area (Å²) in [5.74, 6) is 0.0887. The van der Waals surface area contributed by atoms with Gasteiger partial charge in [0.05, 0.1) is 7.11 Å². The van der Waals surface area contributed by atoms with Crippen LogP contribution in [-0.2, 0) is 0 Å². The van der Waals surface area contributed by atoms with Crippen molar-refractivity contribution in [1.29, 1.82) is 0 Å². The van der Waals surface area contributed by atoms with E-state index in [0.29, 0.717) is 11.3 Å². The lowest BCUT2D eigenvalue weighted by Gasteiger charge is -2.16. The highest BCUT2D eigenvalue weighted by Crippen LogP contribution is 2.31. The van der Waals surface area contributed by atoms with E-state index in [-0.39, 0.29) is 0 Å². The molecule has 1 N–H and O–H groups in total. The Morgan fingerprint density at radius 1 is 1.05 bits per heavy atom. The van der Waals surface area contributed by atoms with Crippen LogP contribution in [0.4, 0.5) is 4.39 Å². The average Bonchev–Trinajstić information content (AvgIpc) is 2.41. The second-order valence-corrected chi connectivity index (χ2v) is 4.63. The third kappa shape index (κ3) is 2.76. The molecule has 1 unspecified atom stereocenters. The minimum absolute atomic E-state index is 0.390. The van der Waals surface area contributed by atoms with E-state index in [1.807, 2.05) is 32.0 Å². The Morgan fingerprint density at radius 3 is 2.42 bits per heavy atom. The van der Waals surface area contributed by atoms with Gasteiger partial charge in [-0.05, 0) is 48.7 Å². The predicted molar refractivity (Wildman–Crippen MR) is 72.9 cm³/mol. The van der Waals surface area contributed by atoms with Gasteiger partial charge in [-0.25, -0.2) is 4.39 Å². The molecular formula is C16H17FO2. The van der Waals surface area contributed by atoms with Gasteiger partial charge in [-0.2, -0.15) is 0 Å². The van der Waals surface area contributed by atoms with Crippen molar-refractivity contribution in [3.63, 3.8) is 0 Å². The SMILES string of the molecule is COc1ccc(F)cc1C(O)c1ccc(C)c(C)c1. The number of aliphatic hydroxyl groups excluding tert-OH is 1. The first kappa shape index (κ1) is 13.6. The van der Waals surface area contributed by atoms with Crippen molar-refractivity contribution in [3.8, 4) is 5.75 Å². The maximum absolute atomic E-state index is 13.3. The standard InChI is InChI=1S/C16H17FO2/c1-10-4-5-12(8-11(10)2)16(18)14-9-13(17)6-7-15(14)19-3/h4-9,16,18H,1-3H3. The Labute approximate surface area is 112 Å². The molecule has 0 aromatic heterocycles. The molecule has 3 heteroatoms. The normalized spacial score (nSPS) is 12.3. The van der Waals surface area contributed by atoms with Crippen molar-refractivity contribution >= 4 is 0 Å². The van der Waals surface area contributed by atoms with Crippen LogP contribution in [0.15, 0.2) is 36.4 Å². The summed E-state index contributed by atoms with van der Waals surface area (Å²) in [6.07, 6.45) is -0.898. The molecule has 19 heavy (non-hydrogen) atoms. The van der Waals surface area contributed by atoms with E-state index in [0.717, 1.165) is 16.7 Å². The Kier molecular flexibility index (Phi) is 3.86. The number of rotatable bonds is 3. The van der Waals surface area contributed by atoms with E-state index in [9.17, 15) is 9.50 Å². The first-order valence-electron chi connectivity index (χ1n) is 6.11. The summed E-state index contributed by atoms with van der Waals surface area (Å²) < 4.78 is 18.5. The molecule has 2 aromatic rings. The minimum atomic E-state index is -0.898. The van der Waals surface area contributed by atoms with E-state index in [2.05, 4.69) is 0 Å². The van der Waals surface area contributed by atoms with Gasteiger partial charge in [-0.3, -0.25) is 0 Å². The molecule has 0 spiro atoms. The summed E-state index contributed by atoms with van der Waals surface area (Å²) in [4.78, 5) is 0.